The van der Waals surface area contributed by atoms with Gasteiger partial charge in [0.25, 0.3) is 0 Å². The van der Waals surface area contributed by atoms with Gasteiger partial charge in [0.1, 0.15) is 5.82 Å². The smallest absolute Gasteiger partial charge is 0.326 e. The minimum atomic E-state index is -4.45. The molecule has 30 heavy (non-hydrogen) atoms. The van der Waals surface area contributed by atoms with Crippen molar-refractivity contribution in [2.75, 3.05) is 18.4 Å². The van der Waals surface area contributed by atoms with Crippen LogP contribution in [0.1, 0.15) is 24.0 Å². The molecular formula is C20H20F4N2O3S. The minimum Gasteiger partial charge on any atom is -0.326 e. The first-order chi connectivity index (χ1) is 14.1. The molecule has 1 saturated heterocycles. The minimum absolute atomic E-state index is 0.0830. The third kappa shape index (κ3) is 5.37. The maximum Gasteiger partial charge on any atom is 0.416 e. The summed E-state index contributed by atoms with van der Waals surface area (Å²) in [7, 11) is -3.73. The highest BCUT2D eigenvalue weighted by Crippen LogP contribution is 2.30. The van der Waals surface area contributed by atoms with Crippen molar-refractivity contribution in [3.63, 3.8) is 0 Å². The van der Waals surface area contributed by atoms with E-state index in [9.17, 15) is 30.8 Å². The van der Waals surface area contributed by atoms with E-state index >= 15 is 0 Å². The Balaban J connectivity index is 1.56. The number of hydrogen-bond donors (Lipinski definition) is 1. The number of carbonyl (C=O) groups is 1. The molecule has 1 heterocycles. The second kappa shape index (κ2) is 8.73. The Morgan fingerprint density at radius 1 is 1.03 bits per heavy atom. The fraction of sp³-hybridized carbons (Fsp3) is 0.350. The number of nitrogens with one attached hydrogen (secondary N) is 1. The van der Waals surface area contributed by atoms with Gasteiger partial charge in [-0.2, -0.15) is 13.2 Å². The second-order valence-electron chi connectivity index (χ2n) is 7.09. The van der Waals surface area contributed by atoms with Crippen LogP contribution in [0.4, 0.5) is 23.2 Å². The normalized spacial score (nSPS) is 16.4. The summed E-state index contributed by atoms with van der Waals surface area (Å²) in [4.78, 5) is 12.4. The van der Waals surface area contributed by atoms with Crippen molar-refractivity contribution in [1.29, 1.82) is 0 Å². The third-order valence-corrected chi connectivity index (χ3v) is 6.82. The molecule has 0 atom stereocenters. The zero-order valence-electron chi connectivity index (χ0n) is 15.8. The molecule has 1 N–H and O–H groups in total. The van der Waals surface area contributed by atoms with Crippen LogP contribution >= 0.6 is 0 Å². The molecule has 1 fully saturated rings. The molecule has 0 aromatic heterocycles. The number of amides is 1. The Bertz CT molecular complexity index is 999. The van der Waals surface area contributed by atoms with Gasteiger partial charge in [0, 0.05) is 30.3 Å². The standard InChI is InChI=1S/C20H20F4N2O3S/c21-18-4-2-1-3-15(18)13-30(28,29)26-11-9-14(10-12-26)19(27)25-17-7-5-16(6-8-17)20(22,23)24/h1-8,14H,9-13H2,(H,25,27). The fourth-order valence-corrected chi connectivity index (χ4v) is 4.86. The Labute approximate surface area is 171 Å². The lowest BCUT2D eigenvalue weighted by molar-refractivity contribution is -0.137. The molecule has 0 radical (unpaired) electrons. The van der Waals surface area contributed by atoms with Crippen molar-refractivity contribution >= 4 is 21.6 Å². The summed E-state index contributed by atoms with van der Waals surface area (Å²) < 4.78 is 77.9. The number of nitrogens with zero attached hydrogens (tertiary/aromatic N) is 1. The quantitative estimate of drug-likeness (QED) is 0.709. The van der Waals surface area contributed by atoms with Crippen molar-refractivity contribution in [1.82, 2.24) is 4.31 Å². The Hall–Kier alpha value is -2.46. The molecular weight excluding hydrogens is 424 g/mol. The predicted octanol–water partition coefficient (Wildman–Crippen LogP) is 4.03. The molecule has 2 aromatic rings. The summed E-state index contributed by atoms with van der Waals surface area (Å²) in [5, 5.41) is 2.57. The third-order valence-electron chi connectivity index (χ3n) is 4.99. The molecule has 1 amide bonds. The molecule has 0 bridgehead atoms. The van der Waals surface area contributed by atoms with Crippen molar-refractivity contribution in [3.05, 3.63) is 65.5 Å². The van der Waals surface area contributed by atoms with Gasteiger partial charge in [-0.3, -0.25) is 4.79 Å². The van der Waals surface area contributed by atoms with Crippen LogP contribution in [-0.2, 0) is 26.7 Å². The summed E-state index contributed by atoms with van der Waals surface area (Å²) in [6.45, 7) is 0.226. The van der Waals surface area contributed by atoms with E-state index in [0.717, 1.165) is 12.1 Å². The van der Waals surface area contributed by atoms with Gasteiger partial charge < -0.3 is 5.32 Å². The van der Waals surface area contributed by atoms with Gasteiger partial charge in [-0.05, 0) is 43.2 Å². The highest BCUT2D eigenvalue weighted by molar-refractivity contribution is 7.88. The molecule has 1 aliphatic rings. The van der Waals surface area contributed by atoms with E-state index in [-0.39, 0.29) is 43.1 Å². The summed E-state index contributed by atoms with van der Waals surface area (Å²) in [5.74, 6) is -1.89. The topological polar surface area (TPSA) is 66.5 Å². The first kappa shape index (κ1) is 22.2. The number of sulfonamides is 1. The monoisotopic (exact) mass is 444 g/mol. The average Bonchev–Trinajstić information content (AvgIpc) is 2.69. The van der Waals surface area contributed by atoms with E-state index in [0.29, 0.717) is 0 Å². The zero-order valence-corrected chi connectivity index (χ0v) is 16.6. The maximum absolute atomic E-state index is 13.8. The number of rotatable bonds is 5. The second-order valence-corrected chi connectivity index (χ2v) is 9.05. The summed E-state index contributed by atoms with van der Waals surface area (Å²) >= 11 is 0. The molecule has 2 aromatic carbocycles. The summed E-state index contributed by atoms with van der Waals surface area (Å²) in [6, 6.07) is 9.77. The number of hydrogen-bond acceptors (Lipinski definition) is 3. The van der Waals surface area contributed by atoms with Crippen LogP contribution < -0.4 is 5.32 Å². The summed E-state index contributed by atoms with van der Waals surface area (Å²) in [6.07, 6.45) is -3.92. The van der Waals surface area contributed by atoms with E-state index in [2.05, 4.69) is 5.32 Å². The highest BCUT2D eigenvalue weighted by Gasteiger charge is 2.32. The van der Waals surface area contributed by atoms with E-state index < -0.39 is 39.3 Å². The lowest BCUT2D eigenvalue weighted by Crippen LogP contribution is -2.42. The lowest BCUT2D eigenvalue weighted by atomic mass is 9.97. The average molecular weight is 444 g/mol. The van der Waals surface area contributed by atoms with Gasteiger partial charge in [-0.25, -0.2) is 17.1 Å². The first-order valence-electron chi connectivity index (χ1n) is 9.25. The molecule has 0 aliphatic carbocycles. The molecule has 0 saturated carbocycles. The van der Waals surface area contributed by atoms with Gasteiger partial charge in [0.2, 0.25) is 15.9 Å². The number of halogens is 4. The molecule has 162 valence electrons. The van der Waals surface area contributed by atoms with Crippen LogP contribution in [0.15, 0.2) is 48.5 Å². The van der Waals surface area contributed by atoms with Crippen molar-refractivity contribution in [3.8, 4) is 0 Å². The lowest BCUT2D eigenvalue weighted by Gasteiger charge is -2.30. The Morgan fingerprint density at radius 3 is 2.20 bits per heavy atom. The van der Waals surface area contributed by atoms with Gasteiger partial charge in [0.05, 0.1) is 11.3 Å². The van der Waals surface area contributed by atoms with Crippen LogP contribution in [0.3, 0.4) is 0 Å². The molecule has 10 heteroatoms. The number of carbonyl (C=O) groups excluding carboxylic acids is 1. The zero-order chi connectivity index (χ0) is 21.9. The SMILES string of the molecule is O=C(Nc1ccc(C(F)(F)F)cc1)C1CCN(S(=O)(=O)Cc2ccccc2F)CC1. The predicted molar refractivity (Wildman–Crippen MR) is 103 cm³/mol. The van der Waals surface area contributed by atoms with E-state index in [1.54, 1.807) is 6.07 Å². The molecule has 3 rings (SSSR count). The van der Waals surface area contributed by atoms with Gasteiger partial charge in [-0.1, -0.05) is 18.2 Å². The van der Waals surface area contributed by atoms with Crippen LogP contribution in [-0.4, -0.2) is 31.7 Å². The first-order valence-corrected chi connectivity index (χ1v) is 10.9. The number of piperidine rings is 1. The van der Waals surface area contributed by atoms with Crippen molar-refractivity contribution in [2.45, 2.75) is 24.8 Å². The van der Waals surface area contributed by atoms with Gasteiger partial charge in [-0.15, -0.1) is 0 Å². The van der Waals surface area contributed by atoms with Crippen LogP contribution in [0.2, 0.25) is 0 Å². The fourth-order valence-electron chi connectivity index (χ4n) is 3.29. The van der Waals surface area contributed by atoms with Gasteiger partial charge in [0.15, 0.2) is 0 Å². The Morgan fingerprint density at radius 2 is 1.63 bits per heavy atom. The van der Waals surface area contributed by atoms with Crippen molar-refractivity contribution < 1.29 is 30.8 Å². The van der Waals surface area contributed by atoms with Crippen molar-refractivity contribution in [2.24, 2.45) is 5.92 Å². The maximum atomic E-state index is 13.8. The van der Waals surface area contributed by atoms with Gasteiger partial charge >= 0.3 is 6.18 Å². The Kier molecular flexibility index (Phi) is 6.47. The van der Waals surface area contributed by atoms with E-state index in [1.165, 1.54) is 34.6 Å². The number of anilines is 1. The highest BCUT2D eigenvalue weighted by atomic mass is 32.2. The largest absolute Gasteiger partial charge is 0.416 e. The number of alkyl halides is 3. The molecule has 5 nitrogen and oxygen atoms in total. The molecule has 0 spiro atoms. The summed E-state index contributed by atoms with van der Waals surface area (Å²) in [5.41, 5.74) is -0.490. The molecule has 1 aliphatic heterocycles. The van der Waals surface area contributed by atoms with Crippen LogP contribution in [0.5, 0.6) is 0 Å². The molecule has 0 unspecified atom stereocenters. The van der Waals surface area contributed by atoms with Crippen LogP contribution in [0, 0.1) is 11.7 Å². The van der Waals surface area contributed by atoms with Crippen LogP contribution in [0.25, 0.3) is 0 Å². The number of benzene rings is 2. The van der Waals surface area contributed by atoms with E-state index in [4.69, 9.17) is 0 Å². The van der Waals surface area contributed by atoms with E-state index in [1.807, 2.05) is 0 Å².